The van der Waals surface area contributed by atoms with Crippen molar-refractivity contribution in [2.75, 3.05) is 26.4 Å². The summed E-state index contributed by atoms with van der Waals surface area (Å²) in [6, 6.07) is 20.7. The summed E-state index contributed by atoms with van der Waals surface area (Å²) >= 11 is 0. The maximum Gasteiger partial charge on any atom is 0.344 e. The lowest BCUT2D eigenvalue weighted by Crippen LogP contribution is -2.58. The van der Waals surface area contributed by atoms with Crippen molar-refractivity contribution in [1.29, 1.82) is 0 Å². The highest BCUT2D eigenvalue weighted by Crippen LogP contribution is 2.63. The Hall–Kier alpha value is -6.04. The number of ether oxygens (including phenoxy) is 8. The second kappa shape index (κ2) is 24.4. The fourth-order valence-electron chi connectivity index (χ4n) is 24.1. The van der Waals surface area contributed by atoms with E-state index in [4.69, 9.17) is 37.9 Å². The van der Waals surface area contributed by atoms with Gasteiger partial charge < -0.3 is 37.9 Å². The van der Waals surface area contributed by atoms with Gasteiger partial charge in [0.1, 0.15) is 45.4 Å². The molecule has 0 radical (unpaired) electrons. The van der Waals surface area contributed by atoms with Crippen LogP contribution in [0.5, 0.6) is 23.0 Å². The number of esters is 4. The number of hydrogen-bond donors (Lipinski definition) is 0. The van der Waals surface area contributed by atoms with Crippen LogP contribution < -0.4 is 18.9 Å². The zero-order valence-corrected chi connectivity index (χ0v) is 58.0. The molecule has 4 aromatic carbocycles. The number of hydrogen-bond acceptors (Lipinski definition) is 12. The molecule has 95 heavy (non-hydrogen) atoms. The summed E-state index contributed by atoms with van der Waals surface area (Å²) in [5.74, 6) is 9.79. The van der Waals surface area contributed by atoms with Crippen LogP contribution in [-0.2, 0) is 57.4 Å². The second-order valence-electron chi connectivity index (χ2n) is 34.6. The van der Waals surface area contributed by atoms with E-state index in [0.29, 0.717) is 89.6 Å². The van der Waals surface area contributed by atoms with Crippen molar-refractivity contribution in [3.05, 3.63) is 116 Å². The van der Waals surface area contributed by atoms with Crippen molar-refractivity contribution < 1.29 is 57.1 Å². The van der Waals surface area contributed by atoms with Crippen molar-refractivity contribution in [3.63, 3.8) is 0 Å². The molecule has 0 heterocycles. The summed E-state index contributed by atoms with van der Waals surface area (Å²) in [7, 11) is 0. The minimum atomic E-state index is -0.535. The van der Waals surface area contributed by atoms with E-state index >= 15 is 0 Å². The van der Waals surface area contributed by atoms with Gasteiger partial charge in [0.25, 0.3) is 0 Å². The molecular weight excluding hydrogens is 1190 g/mol. The Kier molecular flexibility index (Phi) is 16.4. The molecule has 0 aliphatic heterocycles. The number of aryl methyl sites for hydroxylation is 4. The van der Waals surface area contributed by atoms with Crippen LogP contribution in [0.25, 0.3) is 0 Å². The van der Waals surface area contributed by atoms with Crippen LogP contribution in [0.4, 0.5) is 0 Å². The van der Waals surface area contributed by atoms with E-state index in [0.717, 1.165) is 206 Å². The van der Waals surface area contributed by atoms with Gasteiger partial charge in [0.05, 0.1) is 0 Å². The molecule has 16 aliphatic carbocycles. The molecule has 12 nitrogen and oxygen atoms in total. The van der Waals surface area contributed by atoms with Gasteiger partial charge in [-0.3, -0.25) is 0 Å². The molecule has 508 valence electrons. The van der Waals surface area contributed by atoms with Crippen LogP contribution in [0, 0.1) is 122 Å². The molecule has 0 amide bonds. The van der Waals surface area contributed by atoms with Crippen LogP contribution in [0.3, 0.4) is 0 Å². The molecule has 16 fully saturated rings. The predicted molar refractivity (Wildman–Crippen MR) is 361 cm³/mol. The Morgan fingerprint density at radius 1 is 0.295 bits per heavy atom. The Bertz CT molecular complexity index is 3320. The van der Waals surface area contributed by atoms with Crippen molar-refractivity contribution in [2.45, 2.75) is 225 Å². The van der Waals surface area contributed by atoms with Gasteiger partial charge in [0, 0.05) is 19.3 Å². The van der Waals surface area contributed by atoms with Gasteiger partial charge in [0.15, 0.2) is 26.4 Å². The lowest BCUT2D eigenvalue weighted by molar-refractivity contribution is -0.205. The molecule has 20 rings (SSSR count). The van der Waals surface area contributed by atoms with E-state index in [2.05, 4.69) is 91.8 Å². The number of carbonyl (C=O) groups excluding carboxylic acids is 4. The molecule has 0 unspecified atom stereocenters. The van der Waals surface area contributed by atoms with Crippen molar-refractivity contribution in [3.8, 4) is 23.0 Å². The zero-order valence-electron chi connectivity index (χ0n) is 58.0. The molecule has 12 heteroatoms. The highest BCUT2D eigenvalue weighted by molar-refractivity contribution is 5.74. The van der Waals surface area contributed by atoms with Gasteiger partial charge in [-0.1, -0.05) is 70.8 Å². The third-order valence-electron chi connectivity index (χ3n) is 28.1. The molecule has 16 aliphatic rings. The summed E-state index contributed by atoms with van der Waals surface area (Å²) in [4.78, 5) is 57.2. The molecule has 0 spiro atoms. The Morgan fingerprint density at radius 3 is 0.747 bits per heavy atom. The molecule has 0 aromatic heterocycles. The average molecular weight is 1290 g/mol. The normalized spacial score (nSPS) is 37.5. The summed E-state index contributed by atoms with van der Waals surface area (Å²) in [6.45, 7) is 16.0. The highest BCUT2D eigenvalue weighted by Gasteiger charge is 2.61. The van der Waals surface area contributed by atoms with E-state index in [1.165, 1.54) is 25.7 Å². The van der Waals surface area contributed by atoms with E-state index in [1.54, 1.807) is 0 Å². The first-order valence-corrected chi connectivity index (χ1v) is 37.4. The maximum atomic E-state index is 14.6. The molecular formula is C83H104O12. The topological polar surface area (TPSA) is 142 Å². The van der Waals surface area contributed by atoms with Gasteiger partial charge in [-0.25, -0.2) is 19.2 Å². The zero-order chi connectivity index (χ0) is 65.4. The van der Waals surface area contributed by atoms with Gasteiger partial charge in [-0.2, -0.15) is 0 Å². The monoisotopic (exact) mass is 1290 g/mol. The van der Waals surface area contributed by atoms with E-state index in [1.807, 2.05) is 24.3 Å². The van der Waals surface area contributed by atoms with Crippen LogP contribution >= 0.6 is 0 Å². The van der Waals surface area contributed by atoms with E-state index < -0.39 is 22.4 Å². The minimum Gasteiger partial charge on any atom is -0.482 e. The van der Waals surface area contributed by atoms with Crippen LogP contribution in [0.1, 0.15) is 212 Å². The Labute approximate surface area is 564 Å². The lowest BCUT2D eigenvalue weighted by atomic mass is 9.50. The molecule has 16 saturated carbocycles. The Balaban J connectivity index is 0.709. The van der Waals surface area contributed by atoms with Gasteiger partial charge >= 0.3 is 23.9 Å². The van der Waals surface area contributed by atoms with Crippen molar-refractivity contribution >= 4 is 23.9 Å². The smallest absolute Gasteiger partial charge is 0.344 e. The largest absolute Gasteiger partial charge is 0.482 e. The summed E-state index contributed by atoms with van der Waals surface area (Å²) in [6.07, 6.45) is 24.3. The van der Waals surface area contributed by atoms with Gasteiger partial charge in [-0.15, -0.1) is 0 Å². The predicted octanol–water partition coefficient (Wildman–Crippen LogP) is 16.2. The summed E-state index contributed by atoms with van der Waals surface area (Å²) < 4.78 is 53.5. The van der Waals surface area contributed by atoms with Crippen LogP contribution in [0.15, 0.2) is 60.7 Å². The first-order chi connectivity index (χ1) is 45.6. The summed E-state index contributed by atoms with van der Waals surface area (Å²) in [5, 5.41) is 0. The maximum absolute atomic E-state index is 14.6. The fourth-order valence-corrected chi connectivity index (χ4v) is 24.1. The Morgan fingerprint density at radius 2 is 0.505 bits per heavy atom. The SMILES string of the molecule is Cc1ccc(OCC(=O)OC2(C)C3CC4CC(C3)CC2C4)c(Cc2cc(C)cc(Cc3cc(C)cc(Cc4cc(C)ccc4OCC(=O)OC4(C)C5CC6CC(C5)CC4C6)c3OCC(=O)OC3(C)C4CC5CC(C4)CC3C5)c2OCC(=O)OC2(C)C3CC4CC(C3)CC2C4)c1. The number of carbonyl (C=O) groups is 4. The number of rotatable bonds is 22. The fraction of sp³-hybridized carbons (Fsp3) is 0.663. The third kappa shape index (κ3) is 12.1. The first-order valence-electron chi connectivity index (χ1n) is 37.4. The summed E-state index contributed by atoms with van der Waals surface area (Å²) in [5.41, 5.74) is 7.20. The van der Waals surface area contributed by atoms with Gasteiger partial charge in [0.2, 0.25) is 0 Å². The minimum absolute atomic E-state index is 0.203. The van der Waals surface area contributed by atoms with E-state index in [9.17, 15) is 19.2 Å². The standard InChI is InChI=1S/C83H104O12/c1-46-9-11-72(88-42-74(84)92-80(5)64-23-50-19-51(25-64)26-65(80)24-50)58(13-46)39-60-15-48(3)17-62(78(60)90-44-76(86)94-82(7)68-31-54-21-55(33-68)34-69(82)32-54)41-63-18-49(4)16-61(79(63)91-45-77(87)95-83(8)70-35-56-22-57(37-70)38-71(83)36-56)40-59-14-47(2)10-12-73(59)89-43-75(85)93-81(6)66-27-52-20-53(29-66)30-67(81)28-52/h9-18,50-57,64-71H,19-45H2,1-8H3. The van der Waals surface area contributed by atoms with Crippen molar-refractivity contribution in [2.24, 2.45) is 94.7 Å². The highest BCUT2D eigenvalue weighted by atomic mass is 16.6. The van der Waals surface area contributed by atoms with Crippen LogP contribution in [-0.4, -0.2) is 72.7 Å². The molecule has 4 aromatic rings. The first kappa shape index (κ1) is 63.7. The van der Waals surface area contributed by atoms with Crippen molar-refractivity contribution in [1.82, 2.24) is 0 Å². The average Bonchev–Trinajstić information content (AvgIpc) is 0.762. The lowest BCUT2D eigenvalue weighted by Gasteiger charge is -2.59. The molecule has 0 N–H and O–H groups in total. The van der Waals surface area contributed by atoms with E-state index in [-0.39, 0.29) is 50.3 Å². The number of benzene rings is 4. The molecule has 16 bridgehead atoms. The molecule has 0 saturated heterocycles. The van der Waals surface area contributed by atoms with Gasteiger partial charge in [-0.05, 0) is 324 Å². The second-order valence-corrected chi connectivity index (χ2v) is 34.6. The van der Waals surface area contributed by atoms with Crippen LogP contribution in [0.2, 0.25) is 0 Å². The molecule has 0 atom stereocenters. The quantitative estimate of drug-likeness (QED) is 0.0546. The third-order valence-corrected chi connectivity index (χ3v) is 28.1.